The Kier molecular flexibility index (Phi) is 5.39. The highest BCUT2D eigenvalue weighted by Crippen LogP contribution is 2.22. The molecule has 0 spiro atoms. The Bertz CT molecular complexity index is 392. The number of carbonyl (C=O) groups excluding carboxylic acids is 1. The molecule has 3 heteroatoms. The van der Waals surface area contributed by atoms with Gasteiger partial charge in [-0.2, -0.15) is 0 Å². The number of benzene rings is 1. The maximum atomic E-state index is 12.2. The van der Waals surface area contributed by atoms with Crippen LogP contribution < -0.4 is 0 Å². The summed E-state index contributed by atoms with van der Waals surface area (Å²) in [7, 11) is 0. The van der Waals surface area contributed by atoms with Crippen molar-refractivity contribution in [1.29, 1.82) is 0 Å². The molecule has 1 aromatic rings. The van der Waals surface area contributed by atoms with Gasteiger partial charge in [0.1, 0.15) is 0 Å². The lowest BCUT2D eigenvalue weighted by Gasteiger charge is -2.22. The van der Waals surface area contributed by atoms with Crippen LogP contribution in [0.5, 0.6) is 0 Å². The fraction of sp³-hybridized carbons (Fsp3) is 0.533. The summed E-state index contributed by atoms with van der Waals surface area (Å²) in [5.41, 5.74) is 2.15. The number of alkyl halides is 1. The maximum Gasteiger partial charge on any atom is 0.253 e. The molecule has 0 saturated carbocycles. The fourth-order valence-electron chi connectivity index (χ4n) is 1.80. The molecule has 0 atom stereocenters. The predicted molar refractivity (Wildman–Crippen MR) is 80.5 cm³/mol. The molecule has 18 heavy (non-hydrogen) atoms. The van der Waals surface area contributed by atoms with Gasteiger partial charge in [0.15, 0.2) is 0 Å². The third-order valence-electron chi connectivity index (χ3n) is 3.02. The molecule has 0 bridgehead atoms. The first-order chi connectivity index (χ1) is 8.40. The van der Waals surface area contributed by atoms with E-state index in [1.54, 1.807) is 0 Å². The Hall–Kier alpha value is -0.830. The van der Waals surface area contributed by atoms with Crippen molar-refractivity contribution in [3.05, 3.63) is 35.4 Å². The van der Waals surface area contributed by atoms with Crippen molar-refractivity contribution in [2.75, 3.05) is 18.4 Å². The predicted octanol–water partition coefficient (Wildman–Crippen LogP) is 3.84. The molecule has 0 unspecified atom stereocenters. The molecule has 1 aromatic carbocycles. The van der Waals surface area contributed by atoms with E-state index >= 15 is 0 Å². The van der Waals surface area contributed by atoms with Crippen LogP contribution in [0, 0.1) is 0 Å². The van der Waals surface area contributed by atoms with Crippen molar-refractivity contribution in [3.8, 4) is 0 Å². The van der Waals surface area contributed by atoms with Gasteiger partial charge in [-0.3, -0.25) is 4.79 Å². The van der Waals surface area contributed by atoms with E-state index in [-0.39, 0.29) is 11.3 Å². The van der Waals surface area contributed by atoms with Crippen LogP contribution in [0.1, 0.15) is 43.6 Å². The standard InChI is InChI=1S/C15H22BrNO/c1-5-17(11-10-16)14(18)12-6-8-13(9-7-12)15(2,3)4/h6-9H,5,10-11H2,1-4H3. The van der Waals surface area contributed by atoms with Crippen LogP contribution in [0.15, 0.2) is 24.3 Å². The minimum atomic E-state index is 0.109. The molecule has 0 saturated heterocycles. The average Bonchev–Trinajstić information content (AvgIpc) is 2.34. The van der Waals surface area contributed by atoms with Crippen LogP contribution in [-0.2, 0) is 5.41 Å². The fourth-order valence-corrected chi connectivity index (χ4v) is 2.23. The van der Waals surface area contributed by atoms with Gasteiger partial charge in [-0.25, -0.2) is 0 Å². The highest BCUT2D eigenvalue weighted by atomic mass is 79.9. The van der Waals surface area contributed by atoms with Crippen molar-refractivity contribution in [3.63, 3.8) is 0 Å². The zero-order valence-electron chi connectivity index (χ0n) is 11.7. The second-order valence-electron chi connectivity index (χ2n) is 5.40. The Balaban J connectivity index is 2.88. The Labute approximate surface area is 119 Å². The van der Waals surface area contributed by atoms with E-state index in [9.17, 15) is 4.79 Å². The third kappa shape index (κ3) is 3.84. The number of rotatable bonds is 4. The van der Waals surface area contributed by atoms with Crippen LogP contribution >= 0.6 is 15.9 Å². The smallest absolute Gasteiger partial charge is 0.253 e. The van der Waals surface area contributed by atoms with Gasteiger partial charge < -0.3 is 4.90 Å². The number of nitrogens with zero attached hydrogens (tertiary/aromatic N) is 1. The van der Waals surface area contributed by atoms with Gasteiger partial charge in [0, 0.05) is 24.0 Å². The van der Waals surface area contributed by atoms with Gasteiger partial charge in [-0.15, -0.1) is 0 Å². The molecule has 0 radical (unpaired) electrons. The van der Waals surface area contributed by atoms with Crippen molar-refractivity contribution in [1.82, 2.24) is 4.90 Å². The number of hydrogen-bond acceptors (Lipinski definition) is 1. The lowest BCUT2D eigenvalue weighted by molar-refractivity contribution is 0.0775. The molecular weight excluding hydrogens is 290 g/mol. The Morgan fingerprint density at radius 1 is 1.22 bits per heavy atom. The van der Waals surface area contributed by atoms with Gasteiger partial charge in [0.25, 0.3) is 5.91 Å². The second-order valence-corrected chi connectivity index (χ2v) is 6.19. The first-order valence-corrected chi connectivity index (χ1v) is 7.48. The summed E-state index contributed by atoms with van der Waals surface area (Å²) in [6.45, 7) is 10.0. The normalized spacial score (nSPS) is 11.4. The molecule has 0 aliphatic rings. The van der Waals surface area contributed by atoms with Gasteiger partial charge in [0.05, 0.1) is 0 Å². The molecule has 0 N–H and O–H groups in total. The molecule has 0 aliphatic heterocycles. The Morgan fingerprint density at radius 3 is 2.17 bits per heavy atom. The second kappa shape index (κ2) is 6.37. The van der Waals surface area contributed by atoms with E-state index in [1.807, 2.05) is 24.0 Å². The van der Waals surface area contributed by atoms with Gasteiger partial charge in [-0.05, 0) is 30.0 Å². The summed E-state index contributed by atoms with van der Waals surface area (Å²) in [6, 6.07) is 7.96. The summed E-state index contributed by atoms with van der Waals surface area (Å²) in [5, 5.41) is 0.812. The number of amides is 1. The molecule has 0 aromatic heterocycles. The SMILES string of the molecule is CCN(CCBr)C(=O)c1ccc(C(C)(C)C)cc1. The lowest BCUT2D eigenvalue weighted by Crippen LogP contribution is -2.32. The summed E-state index contributed by atoms with van der Waals surface area (Å²) in [5.74, 6) is 0.109. The van der Waals surface area contributed by atoms with E-state index in [2.05, 4.69) is 48.8 Å². The van der Waals surface area contributed by atoms with E-state index < -0.39 is 0 Å². The first-order valence-electron chi connectivity index (χ1n) is 6.36. The van der Waals surface area contributed by atoms with Crippen molar-refractivity contribution in [2.24, 2.45) is 0 Å². The molecule has 100 valence electrons. The zero-order valence-corrected chi connectivity index (χ0v) is 13.3. The number of hydrogen-bond donors (Lipinski definition) is 0. The summed E-state index contributed by atoms with van der Waals surface area (Å²) >= 11 is 3.38. The largest absolute Gasteiger partial charge is 0.338 e. The highest BCUT2D eigenvalue weighted by Gasteiger charge is 2.16. The number of halogens is 1. The van der Waals surface area contributed by atoms with Crippen LogP contribution in [0.4, 0.5) is 0 Å². The monoisotopic (exact) mass is 311 g/mol. The van der Waals surface area contributed by atoms with Crippen molar-refractivity contribution >= 4 is 21.8 Å². The zero-order chi connectivity index (χ0) is 13.8. The highest BCUT2D eigenvalue weighted by molar-refractivity contribution is 9.09. The van der Waals surface area contributed by atoms with Crippen molar-refractivity contribution in [2.45, 2.75) is 33.1 Å². The van der Waals surface area contributed by atoms with Gasteiger partial charge in [0.2, 0.25) is 0 Å². The van der Waals surface area contributed by atoms with Gasteiger partial charge in [-0.1, -0.05) is 48.8 Å². The van der Waals surface area contributed by atoms with E-state index in [0.29, 0.717) is 0 Å². The first kappa shape index (κ1) is 15.2. The lowest BCUT2D eigenvalue weighted by atomic mass is 9.86. The minimum Gasteiger partial charge on any atom is -0.338 e. The summed E-state index contributed by atoms with van der Waals surface area (Å²) in [4.78, 5) is 14.1. The molecule has 2 nitrogen and oxygen atoms in total. The Morgan fingerprint density at radius 2 is 1.78 bits per heavy atom. The topological polar surface area (TPSA) is 20.3 Å². The average molecular weight is 312 g/mol. The van der Waals surface area contributed by atoms with Crippen LogP contribution in [0.2, 0.25) is 0 Å². The molecule has 1 rings (SSSR count). The van der Waals surface area contributed by atoms with Gasteiger partial charge >= 0.3 is 0 Å². The van der Waals surface area contributed by atoms with Crippen LogP contribution in [0.25, 0.3) is 0 Å². The molecule has 1 amide bonds. The third-order valence-corrected chi connectivity index (χ3v) is 3.38. The quantitative estimate of drug-likeness (QED) is 0.774. The molecule has 0 fully saturated rings. The maximum absolute atomic E-state index is 12.2. The van der Waals surface area contributed by atoms with Crippen LogP contribution in [0.3, 0.4) is 0 Å². The van der Waals surface area contributed by atoms with Crippen molar-refractivity contribution < 1.29 is 4.79 Å². The van der Waals surface area contributed by atoms with Crippen LogP contribution in [-0.4, -0.2) is 29.2 Å². The van der Waals surface area contributed by atoms with E-state index in [0.717, 1.165) is 24.0 Å². The number of carbonyl (C=O) groups is 1. The summed E-state index contributed by atoms with van der Waals surface area (Å²) in [6.07, 6.45) is 0. The molecule has 0 aliphatic carbocycles. The molecular formula is C15H22BrNO. The van der Waals surface area contributed by atoms with E-state index in [1.165, 1.54) is 5.56 Å². The van der Waals surface area contributed by atoms with E-state index in [4.69, 9.17) is 0 Å². The summed E-state index contributed by atoms with van der Waals surface area (Å²) < 4.78 is 0. The minimum absolute atomic E-state index is 0.109. The molecule has 0 heterocycles.